The van der Waals surface area contributed by atoms with Crippen LogP contribution in [0.5, 0.6) is 0 Å². The lowest BCUT2D eigenvalue weighted by Gasteiger charge is -2.56. The summed E-state index contributed by atoms with van der Waals surface area (Å²) in [5, 5.41) is 2.34. The summed E-state index contributed by atoms with van der Waals surface area (Å²) in [5.41, 5.74) is 2.37. The third-order valence-electron chi connectivity index (χ3n) is 9.65. The van der Waals surface area contributed by atoms with Crippen molar-refractivity contribution in [2.24, 2.45) is 5.92 Å². The Bertz CT molecular complexity index is 1110. The SMILES string of the molecule is CC(C)(C)[Si](C)(C)OC[C@H]1O[C@@H](c2ccc(Br)cc2)[C@H]2CON(Cc3ccccc3)[C@@H]1[C@@H]2O[Si](C)(C)C(C)(C)C. The van der Waals surface area contributed by atoms with E-state index in [1.807, 2.05) is 0 Å². The molecule has 0 aromatic heterocycles. The Balaban J connectivity index is 1.76. The van der Waals surface area contributed by atoms with Crippen LogP contribution in [0.2, 0.25) is 36.3 Å². The van der Waals surface area contributed by atoms with Crippen molar-refractivity contribution in [1.82, 2.24) is 5.06 Å². The Morgan fingerprint density at radius 3 is 2.05 bits per heavy atom. The Labute approximate surface area is 253 Å². The monoisotopic (exact) mass is 647 g/mol. The summed E-state index contributed by atoms with van der Waals surface area (Å²) in [4.78, 5) is 6.62. The molecule has 0 N–H and O–H groups in total. The maximum atomic E-state index is 7.37. The zero-order valence-corrected chi connectivity index (χ0v) is 29.7. The highest BCUT2D eigenvalue weighted by atomic mass is 79.9. The van der Waals surface area contributed by atoms with E-state index in [1.165, 1.54) is 5.56 Å². The van der Waals surface area contributed by atoms with Crippen molar-refractivity contribution >= 4 is 32.6 Å². The molecule has 2 heterocycles. The molecule has 2 saturated heterocycles. The van der Waals surface area contributed by atoms with Gasteiger partial charge in [-0.05, 0) is 59.5 Å². The number of hydrogen-bond acceptors (Lipinski definition) is 5. The van der Waals surface area contributed by atoms with E-state index < -0.39 is 16.6 Å². The molecule has 0 saturated carbocycles. The predicted molar refractivity (Wildman–Crippen MR) is 172 cm³/mol. The first-order valence-corrected chi connectivity index (χ1v) is 21.3. The summed E-state index contributed by atoms with van der Waals surface area (Å²) >= 11 is 3.61. The molecular weight excluding hydrogens is 598 g/mol. The lowest BCUT2D eigenvalue weighted by atomic mass is 9.81. The normalized spacial score (nSPS) is 26.6. The second-order valence-electron chi connectivity index (χ2n) is 14.6. The molecule has 4 rings (SSSR count). The molecule has 0 spiro atoms. The Hall–Kier alpha value is -0.846. The standard InChI is InChI=1S/C32H50BrNO4Si2/c1-31(2,3)39(7,8)36-22-27-28-30(38-40(9,10)32(4,5)6)26(29(37-27)24-16-18-25(33)19-17-24)21-35-34(28)20-23-14-12-11-13-15-23/h11-19,26-30H,20-22H2,1-10H3/t26-,27-,28+,29+,30-/m1/s1. The zero-order chi connectivity index (χ0) is 29.5. The van der Waals surface area contributed by atoms with Crippen LogP contribution in [-0.4, -0.2) is 53.2 Å². The van der Waals surface area contributed by atoms with Gasteiger partial charge in [-0.3, -0.25) is 4.84 Å². The largest absolute Gasteiger partial charge is 0.414 e. The van der Waals surface area contributed by atoms with Gasteiger partial charge in [0, 0.05) is 16.9 Å². The van der Waals surface area contributed by atoms with Gasteiger partial charge in [0.1, 0.15) is 6.10 Å². The van der Waals surface area contributed by atoms with E-state index in [9.17, 15) is 0 Å². The highest BCUT2D eigenvalue weighted by molar-refractivity contribution is 9.10. The molecule has 2 aliphatic rings. The van der Waals surface area contributed by atoms with E-state index in [2.05, 4.69) is 143 Å². The van der Waals surface area contributed by atoms with Gasteiger partial charge < -0.3 is 13.6 Å². The maximum Gasteiger partial charge on any atom is 0.192 e. The van der Waals surface area contributed by atoms with Crippen molar-refractivity contribution in [3.63, 3.8) is 0 Å². The van der Waals surface area contributed by atoms with Crippen LogP contribution >= 0.6 is 15.9 Å². The van der Waals surface area contributed by atoms with Crippen molar-refractivity contribution in [1.29, 1.82) is 0 Å². The minimum Gasteiger partial charge on any atom is -0.414 e. The molecule has 0 radical (unpaired) electrons. The minimum atomic E-state index is -2.12. The third kappa shape index (κ3) is 7.02. The predicted octanol–water partition coefficient (Wildman–Crippen LogP) is 8.73. The lowest BCUT2D eigenvalue weighted by molar-refractivity contribution is -0.332. The number of nitrogens with zero attached hydrogens (tertiary/aromatic N) is 1. The fourth-order valence-electron chi connectivity index (χ4n) is 5.02. The van der Waals surface area contributed by atoms with E-state index in [4.69, 9.17) is 18.4 Å². The third-order valence-corrected chi connectivity index (χ3v) is 19.1. The van der Waals surface area contributed by atoms with Gasteiger partial charge in [0.15, 0.2) is 16.6 Å². The topological polar surface area (TPSA) is 40.2 Å². The number of hydroxylamine groups is 2. The number of fused-ring (bicyclic) bond motifs is 2. The summed E-state index contributed by atoms with van der Waals surface area (Å²) in [6.07, 6.45) is -0.363. The van der Waals surface area contributed by atoms with E-state index in [-0.39, 0.29) is 40.3 Å². The van der Waals surface area contributed by atoms with Crippen LogP contribution in [0.25, 0.3) is 0 Å². The van der Waals surface area contributed by atoms with Gasteiger partial charge in [-0.25, -0.2) is 0 Å². The molecule has 2 aliphatic heterocycles. The van der Waals surface area contributed by atoms with Gasteiger partial charge in [-0.15, -0.1) is 0 Å². The van der Waals surface area contributed by atoms with Crippen LogP contribution in [0.4, 0.5) is 0 Å². The molecule has 2 bridgehead atoms. The molecule has 5 nitrogen and oxygen atoms in total. The van der Waals surface area contributed by atoms with E-state index in [0.29, 0.717) is 19.8 Å². The Kier molecular flexibility index (Phi) is 9.65. The summed E-state index contributed by atoms with van der Waals surface area (Å²) < 4.78 is 22.4. The number of halogens is 1. The smallest absolute Gasteiger partial charge is 0.192 e. The number of rotatable bonds is 8. The number of hydrogen-bond donors (Lipinski definition) is 0. The van der Waals surface area contributed by atoms with Gasteiger partial charge in [0.2, 0.25) is 0 Å². The van der Waals surface area contributed by atoms with Crippen LogP contribution in [0.1, 0.15) is 58.8 Å². The molecule has 2 fully saturated rings. The van der Waals surface area contributed by atoms with Gasteiger partial charge in [-0.2, -0.15) is 5.06 Å². The first-order chi connectivity index (χ1) is 18.5. The van der Waals surface area contributed by atoms with Crippen LogP contribution in [-0.2, 0) is 25.0 Å². The van der Waals surface area contributed by atoms with E-state index in [0.717, 1.165) is 10.0 Å². The van der Waals surface area contributed by atoms with Gasteiger partial charge in [0.25, 0.3) is 0 Å². The quantitative estimate of drug-likeness (QED) is 0.268. The van der Waals surface area contributed by atoms with Crippen molar-refractivity contribution in [2.75, 3.05) is 13.2 Å². The molecule has 2 aromatic carbocycles. The van der Waals surface area contributed by atoms with E-state index in [1.54, 1.807) is 0 Å². The fraction of sp³-hybridized carbons (Fsp3) is 0.625. The molecule has 40 heavy (non-hydrogen) atoms. The fourth-order valence-corrected chi connectivity index (χ4v) is 7.64. The molecule has 0 amide bonds. The lowest BCUT2D eigenvalue weighted by Crippen LogP contribution is -2.67. The average molecular weight is 649 g/mol. The number of benzene rings is 2. The molecule has 8 heteroatoms. The average Bonchev–Trinajstić information content (AvgIpc) is 2.84. The maximum absolute atomic E-state index is 7.37. The molecule has 5 atom stereocenters. The summed E-state index contributed by atoms with van der Waals surface area (Å²) in [6, 6.07) is 19.0. The zero-order valence-electron chi connectivity index (χ0n) is 26.2. The molecule has 0 aliphatic carbocycles. The number of ether oxygens (including phenoxy) is 1. The summed E-state index contributed by atoms with van der Waals surface area (Å²) in [6.45, 7) is 24.9. The van der Waals surface area contributed by atoms with Crippen LogP contribution in [0.3, 0.4) is 0 Å². The molecular formula is C32H50BrNO4Si2. The first kappa shape index (κ1) is 32.1. The second-order valence-corrected chi connectivity index (χ2v) is 25.1. The van der Waals surface area contributed by atoms with Crippen LogP contribution in [0, 0.1) is 5.92 Å². The summed E-state index contributed by atoms with van der Waals surface area (Å²) in [7, 11) is -4.13. The van der Waals surface area contributed by atoms with Gasteiger partial charge >= 0.3 is 0 Å². The van der Waals surface area contributed by atoms with Crippen LogP contribution in [0.15, 0.2) is 59.1 Å². The van der Waals surface area contributed by atoms with Gasteiger partial charge in [0.05, 0.1) is 31.5 Å². The molecule has 0 unspecified atom stereocenters. The second kappa shape index (κ2) is 12.0. The minimum absolute atomic E-state index is 0.0335. The Morgan fingerprint density at radius 1 is 0.875 bits per heavy atom. The highest BCUT2D eigenvalue weighted by Crippen LogP contribution is 2.48. The van der Waals surface area contributed by atoms with Gasteiger partial charge in [-0.1, -0.05) is 99.9 Å². The molecule has 2 aromatic rings. The van der Waals surface area contributed by atoms with E-state index >= 15 is 0 Å². The Morgan fingerprint density at radius 2 is 1.48 bits per heavy atom. The van der Waals surface area contributed by atoms with Crippen molar-refractivity contribution in [3.8, 4) is 0 Å². The van der Waals surface area contributed by atoms with Crippen LogP contribution < -0.4 is 0 Å². The highest BCUT2D eigenvalue weighted by Gasteiger charge is 2.56. The van der Waals surface area contributed by atoms with Crippen molar-refractivity contribution in [3.05, 3.63) is 70.2 Å². The van der Waals surface area contributed by atoms with Crippen molar-refractivity contribution in [2.45, 2.75) is 109 Å². The summed E-state index contributed by atoms with van der Waals surface area (Å²) in [5.74, 6) is 0.0800. The van der Waals surface area contributed by atoms with Crippen molar-refractivity contribution < 1.29 is 18.4 Å². The first-order valence-electron chi connectivity index (χ1n) is 14.7. The molecule has 222 valence electrons.